The maximum absolute atomic E-state index is 10.7. The van der Waals surface area contributed by atoms with Gasteiger partial charge in [0.15, 0.2) is 0 Å². The Morgan fingerprint density at radius 3 is 2.78 bits per heavy atom. The van der Waals surface area contributed by atoms with Gasteiger partial charge in [0, 0.05) is 6.42 Å². The summed E-state index contributed by atoms with van der Waals surface area (Å²) in [7, 11) is 0. The summed E-state index contributed by atoms with van der Waals surface area (Å²) in [5, 5.41) is 0. The highest BCUT2D eigenvalue weighted by molar-refractivity contribution is 5.69. The molecule has 9 heavy (non-hydrogen) atoms. The lowest BCUT2D eigenvalue weighted by atomic mass is 10.3. The number of esters is 1. The van der Waals surface area contributed by atoms with Crippen molar-refractivity contribution in [1.82, 2.24) is 0 Å². The van der Waals surface area contributed by atoms with Crippen LogP contribution in [-0.2, 0) is 9.53 Å². The molecule has 1 saturated carbocycles. The van der Waals surface area contributed by atoms with Gasteiger partial charge in [0.05, 0.1) is 6.61 Å². The third kappa shape index (κ3) is 2.49. The molecule has 0 spiro atoms. The zero-order valence-electron chi connectivity index (χ0n) is 5.72. The van der Waals surface area contributed by atoms with E-state index in [-0.39, 0.29) is 5.97 Å². The minimum Gasteiger partial charge on any atom is -0.466 e. The quantitative estimate of drug-likeness (QED) is 0.536. The molecule has 2 nitrogen and oxygen atoms in total. The fourth-order valence-electron chi connectivity index (χ4n) is 0.778. The molecule has 1 rings (SSSR count). The van der Waals surface area contributed by atoms with E-state index in [1.54, 1.807) is 0 Å². The second-order valence-electron chi connectivity index (χ2n) is 2.45. The topological polar surface area (TPSA) is 26.3 Å². The lowest BCUT2D eigenvalue weighted by Crippen LogP contribution is -2.03. The summed E-state index contributed by atoms with van der Waals surface area (Å²) >= 11 is 0. The molecule has 0 N–H and O–H groups in total. The van der Waals surface area contributed by atoms with Crippen molar-refractivity contribution >= 4 is 5.97 Å². The molecule has 0 aromatic carbocycles. The molecule has 0 aromatic heterocycles. The van der Waals surface area contributed by atoms with E-state index >= 15 is 0 Å². The first kappa shape index (κ1) is 6.59. The number of hydrogen-bond acceptors (Lipinski definition) is 2. The molecule has 52 valence electrons. The Kier molecular flexibility index (Phi) is 2.09. The molecule has 0 radical (unpaired) electrons. The normalized spacial score (nSPS) is 17.4. The van der Waals surface area contributed by atoms with Gasteiger partial charge >= 0.3 is 5.97 Å². The minimum atomic E-state index is -0.0278. The smallest absolute Gasteiger partial charge is 0.306 e. The molecule has 1 fully saturated rings. The van der Waals surface area contributed by atoms with E-state index < -0.39 is 0 Å². The van der Waals surface area contributed by atoms with E-state index in [9.17, 15) is 4.79 Å². The van der Waals surface area contributed by atoms with Crippen molar-refractivity contribution in [3.8, 4) is 0 Å². The molecule has 1 aliphatic rings. The van der Waals surface area contributed by atoms with Gasteiger partial charge < -0.3 is 4.74 Å². The lowest BCUT2D eigenvalue weighted by Gasteiger charge is -1.97. The molecular weight excluding hydrogens is 116 g/mol. The van der Waals surface area contributed by atoms with E-state index in [0.29, 0.717) is 18.9 Å². The van der Waals surface area contributed by atoms with Crippen molar-refractivity contribution in [2.24, 2.45) is 5.92 Å². The van der Waals surface area contributed by atoms with Crippen molar-refractivity contribution in [2.45, 2.75) is 26.2 Å². The first-order valence-electron chi connectivity index (χ1n) is 3.48. The second kappa shape index (κ2) is 2.85. The van der Waals surface area contributed by atoms with Gasteiger partial charge in [-0.3, -0.25) is 4.79 Å². The highest BCUT2D eigenvalue weighted by atomic mass is 16.5. The van der Waals surface area contributed by atoms with Crippen LogP contribution in [0, 0.1) is 5.92 Å². The van der Waals surface area contributed by atoms with Crippen molar-refractivity contribution in [3.63, 3.8) is 0 Å². The van der Waals surface area contributed by atoms with Gasteiger partial charge in [-0.25, -0.2) is 0 Å². The average Bonchev–Trinajstić information content (AvgIpc) is 2.50. The van der Waals surface area contributed by atoms with Crippen LogP contribution in [0.15, 0.2) is 0 Å². The maximum atomic E-state index is 10.7. The molecule has 1 aliphatic carbocycles. The predicted molar refractivity (Wildman–Crippen MR) is 34.0 cm³/mol. The maximum Gasteiger partial charge on any atom is 0.306 e. The van der Waals surface area contributed by atoms with E-state index in [1.807, 2.05) is 6.92 Å². The summed E-state index contributed by atoms with van der Waals surface area (Å²) in [6, 6.07) is 0. The van der Waals surface area contributed by atoms with Crippen LogP contribution in [0.4, 0.5) is 0 Å². The SMILES string of the molecule is CCOC(=O)CC1CC1. The highest BCUT2D eigenvalue weighted by Gasteiger charge is 2.24. The molecule has 0 atom stereocenters. The monoisotopic (exact) mass is 128 g/mol. The van der Waals surface area contributed by atoms with E-state index in [2.05, 4.69) is 0 Å². The average molecular weight is 128 g/mol. The Morgan fingerprint density at radius 2 is 2.33 bits per heavy atom. The van der Waals surface area contributed by atoms with Crippen molar-refractivity contribution in [2.75, 3.05) is 6.61 Å². The number of hydrogen-bond donors (Lipinski definition) is 0. The van der Waals surface area contributed by atoms with Gasteiger partial charge in [-0.2, -0.15) is 0 Å². The van der Waals surface area contributed by atoms with Gasteiger partial charge in [-0.05, 0) is 25.7 Å². The van der Waals surface area contributed by atoms with E-state index in [4.69, 9.17) is 4.74 Å². The largest absolute Gasteiger partial charge is 0.466 e. The molecule has 0 aliphatic heterocycles. The first-order valence-corrected chi connectivity index (χ1v) is 3.48. The van der Waals surface area contributed by atoms with Crippen LogP contribution in [0.25, 0.3) is 0 Å². The summed E-state index contributed by atoms with van der Waals surface area (Å²) in [6.45, 7) is 2.36. The Hall–Kier alpha value is -0.530. The molecule has 2 heteroatoms. The number of carbonyl (C=O) groups is 1. The fraction of sp³-hybridized carbons (Fsp3) is 0.857. The standard InChI is InChI=1S/C7H12O2/c1-2-9-7(8)5-6-3-4-6/h6H,2-5H2,1H3. The summed E-state index contributed by atoms with van der Waals surface area (Å²) in [5.41, 5.74) is 0. The number of ether oxygens (including phenoxy) is 1. The van der Waals surface area contributed by atoms with Gasteiger partial charge in [0.25, 0.3) is 0 Å². The summed E-state index contributed by atoms with van der Waals surface area (Å²) in [5.74, 6) is 0.629. The number of rotatable bonds is 3. The van der Waals surface area contributed by atoms with Crippen LogP contribution >= 0.6 is 0 Å². The van der Waals surface area contributed by atoms with Gasteiger partial charge in [0.1, 0.15) is 0 Å². The zero-order chi connectivity index (χ0) is 6.69. The molecule has 0 amide bonds. The Labute approximate surface area is 55.2 Å². The molecule has 0 unspecified atom stereocenters. The Morgan fingerprint density at radius 1 is 1.67 bits per heavy atom. The van der Waals surface area contributed by atoms with Crippen LogP contribution in [-0.4, -0.2) is 12.6 Å². The summed E-state index contributed by atoms with van der Waals surface area (Å²) < 4.78 is 4.75. The third-order valence-corrected chi connectivity index (χ3v) is 1.46. The summed E-state index contributed by atoms with van der Waals surface area (Å²) in [4.78, 5) is 10.7. The van der Waals surface area contributed by atoms with Crippen molar-refractivity contribution in [1.29, 1.82) is 0 Å². The molecule has 0 saturated heterocycles. The highest BCUT2D eigenvalue weighted by Crippen LogP contribution is 2.32. The van der Waals surface area contributed by atoms with Crippen LogP contribution in [0.1, 0.15) is 26.2 Å². The first-order chi connectivity index (χ1) is 4.33. The van der Waals surface area contributed by atoms with Crippen LogP contribution in [0.5, 0.6) is 0 Å². The zero-order valence-corrected chi connectivity index (χ0v) is 5.72. The lowest BCUT2D eigenvalue weighted by molar-refractivity contribution is -0.143. The Bertz CT molecular complexity index is 105. The molecule has 0 aromatic rings. The molecule has 0 heterocycles. The van der Waals surface area contributed by atoms with E-state index in [1.165, 1.54) is 12.8 Å². The van der Waals surface area contributed by atoms with Gasteiger partial charge in [-0.15, -0.1) is 0 Å². The molecule has 0 bridgehead atoms. The van der Waals surface area contributed by atoms with Crippen LogP contribution in [0.2, 0.25) is 0 Å². The fourth-order valence-corrected chi connectivity index (χ4v) is 0.778. The van der Waals surface area contributed by atoms with Crippen molar-refractivity contribution < 1.29 is 9.53 Å². The Balaban J connectivity index is 2.02. The predicted octanol–water partition coefficient (Wildman–Crippen LogP) is 1.35. The van der Waals surface area contributed by atoms with E-state index in [0.717, 1.165) is 0 Å². The van der Waals surface area contributed by atoms with Crippen LogP contribution < -0.4 is 0 Å². The molecular formula is C7H12O2. The van der Waals surface area contributed by atoms with Gasteiger partial charge in [0.2, 0.25) is 0 Å². The van der Waals surface area contributed by atoms with Crippen LogP contribution in [0.3, 0.4) is 0 Å². The number of carbonyl (C=O) groups excluding carboxylic acids is 1. The minimum absolute atomic E-state index is 0.0278. The van der Waals surface area contributed by atoms with Crippen molar-refractivity contribution in [3.05, 3.63) is 0 Å². The summed E-state index contributed by atoms with van der Waals surface area (Å²) in [6.07, 6.45) is 3.09. The second-order valence-corrected chi connectivity index (χ2v) is 2.45. The van der Waals surface area contributed by atoms with Gasteiger partial charge in [-0.1, -0.05) is 0 Å². The third-order valence-electron chi connectivity index (χ3n) is 1.46.